The lowest BCUT2D eigenvalue weighted by Gasteiger charge is -2.20. The van der Waals surface area contributed by atoms with E-state index < -0.39 is 6.04 Å². The Kier molecular flexibility index (Phi) is 3.78. The summed E-state index contributed by atoms with van der Waals surface area (Å²) in [6.07, 6.45) is 0. The Morgan fingerprint density at radius 2 is 2.05 bits per heavy atom. The summed E-state index contributed by atoms with van der Waals surface area (Å²) < 4.78 is 14.4. The first-order valence-electron chi connectivity index (χ1n) is 6.67. The fraction of sp³-hybridized carbons (Fsp3) is 0.188. The summed E-state index contributed by atoms with van der Waals surface area (Å²) in [5.74, 6) is -0.500. The number of hydrogen-bond acceptors (Lipinski definition) is 2. The van der Waals surface area contributed by atoms with Crippen molar-refractivity contribution in [3.63, 3.8) is 0 Å². The van der Waals surface area contributed by atoms with Gasteiger partial charge in [-0.05, 0) is 36.8 Å². The average Bonchev–Trinajstić information content (AvgIpc) is 2.75. The highest BCUT2D eigenvalue weighted by molar-refractivity contribution is 9.10. The molecule has 2 N–H and O–H groups in total. The molecule has 0 spiro atoms. The predicted molar refractivity (Wildman–Crippen MR) is 83.5 cm³/mol. The zero-order valence-electron chi connectivity index (χ0n) is 11.4. The Hall–Kier alpha value is -1.72. The van der Waals surface area contributed by atoms with Gasteiger partial charge in [0, 0.05) is 21.8 Å². The summed E-state index contributed by atoms with van der Waals surface area (Å²) in [6.45, 7) is 1.98. The topological polar surface area (TPSA) is 41.1 Å². The molecule has 108 valence electrons. The Balaban J connectivity index is 1.87. The number of carbonyl (C=O) groups is 1. The molecule has 0 radical (unpaired) electrons. The molecule has 2 unspecified atom stereocenters. The number of halogens is 2. The summed E-state index contributed by atoms with van der Waals surface area (Å²) in [7, 11) is 0. The minimum Gasteiger partial charge on any atom is -0.324 e. The van der Waals surface area contributed by atoms with Crippen LogP contribution in [0.4, 0.5) is 10.1 Å². The van der Waals surface area contributed by atoms with Crippen LogP contribution in [0.5, 0.6) is 0 Å². The van der Waals surface area contributed by atoms with Gasteiger partial charge in [-0.25, -0.2) is 4.39 Å². The molecule has 5 heteroatoms. The molecule has 0 fully saturated rings. The highest BCUT2D eigenvalue weighted by atomic mass is 79.9. The molecule has 3 rings (SSSR count). The first kappa shape index (κ1) is 14.2. The third-order valence-electron chi connectivity index (χ3n) is 3.63. The molecular weight excluding hydrogens is 335 g/mol. The van der Waals surface area contributed by atoms with Crippen molar-refractivity contribution in [2.24, 2.45) is 0 Å². The van der Waals surface area contributed by atoms with E-state index in [4.69, 9.17) is 0 Å². The van der Waals surface area contributed by atoms with Crippen LogP contribution in [0.25, 0.3) is 0 Å². The van der Waals surface area contributed by atoms with Crippen LogP contribution in [0.3, 0.4) is 0 Å². The number of rotatable bonds is 3. The minimum absolute atomic E-state index is 0.0504. The Morgan fingerprint density at radius 3 is 2.81 bits per heavy atom. The lowest BCUT2D eigenvalue weighted by molar-refractivity contribution is -0.117. The van der Waals surface area contributed by atoms with Gasteiger partial charge in [-0.3, -0.25) is 10.1 Å². The molecule has 0 aromatic heterocycles. The number of hydrogen-bond donors (Lipinski definition) is 2. The van der Waals surface area contributed by atoms with Gasteiger partial charge in [0.25, 0.3) is 0 Å². The molecule has 2 aromatic carbocycles. The third-order valence-corrected chi connectivity index (χ3v) is 4.36. The van der Waals surface area contributed by atoms with Crippen LogP contribution >= 0.6 is 15.9 Å². The van der Waals surface area contributed by atoms with Crippen molar-refractivity contribution in [3.05, 3.63) is 63.9 Å². The highest BCUT2D eigenvalue weighted by Gasteiger charge is 2.32. The first-order chi connectivity index (χ1) is 10.1. The number of fused-ring (bicyclic) bond motifs is 1. The van der Waals surface area contributed by atoms with Crippen LogP contribution in [0, 0.1) is 5.82 Å². The molecule has 0 saturated heterocycles. The van der Waals surface area contributed by atoms with Crippen molar-refractivity contribution in [2.45, 2.75) is 19.0 Å². The molecule has 0 bridgehead atoms. The molecular formula is C16H14BrFN2O. The SMILES string of the molecule is CC(NC1C(=O)Nc2ccc(F)cc21)c1ccccc1Br. The van der Waals surface area contributed by atoms with E-state index in [9.17, 15) is 9.18 Å². The van der Waals surface area contributed by atoms with E-state index in [-0.39, 0.29) is 17.8 Å². The van der Waals surface area contributed by atoms with Crippen molar-refractivity contribution in [1.82, 2.24) is 5.32 Å². The lowest BCUT2D eigenvalue weighted by atomic mass is 10.0. The summed E-state index contributed by atoms with van der Waals surface area (Å²) in [5.41, 5.74) is 2.37. The maximum atomic E-state index is 13.4. The Morgan fingerprint density at radius 1 is 1.29 bits per heavy atom. The van der Waals surface area contributed by atoms with E-state index in [0.29, 0.717) is 11.3 Å². The van der Waals surface area contributed by atoms with Crippen LogP contribution in [-0.2, 0) is 4.79 Å². The fourth-order valence-electron chi connectivity index (χ4n) is 2.56. The van der Waals surface area contributed by atoms with Crippen molar-refractivity contribution in [3.8, 4) is 0 Å². The molecule has 21 heavy (non-hydrogen) atoms. The fourth-order valence-corrected chi connectivity index (χ4v) is 3.19. The van der Waals surface area contributed by atoms with Crippen molar-refractivity contribution in [1.29, 1.82) is 0 Å². The highest BCUT2D eigenvalue weighted by Crippen LogP contribution is 2.34. The molecule has 1 aliphatic heterocycles. The van der Waals surface area contributed by atoms with Gasteiger partial charge in [-0.1, -0.05) is 34.1 Å². The lowest BCUT2D eigenvalue weighted by Crippen LogP contribution is -2.30. The van der Waals surface area contributed by atoms with E-state index in [0.717, 1.165) is 10.0 Å². The van der Waals surface area contributed by atoms with E-state index in [2.05, 4.69) is 26.6 Å². The molecule has 3 nitrogen and oxygen atoms in total. The zero-order valence-corrected chi connectivity index (χ0v) is 12.9. The summed E-state index contributed by atoms with van der Waals surface area (Å²) in [5, 5.41) is 6.03. The maximum absolute atomic E-state index is 13.4. The van der Waals surface area contributed by atoms with Gasteiger partial charge >= 0.3 is 0 Å². The summed E-state index contributed by atoms with van der Waals surface area (Å²) in [4.78, 5) is 12.1. The first-order valence-corrected chi connectivity index (χ1v) is 7.46. The second-order valence-electron chi connectivity index (χ2n) is 5.06. The monoisotopic (exact) mass is 348 g/mol. The van der Waals surface area contributed by atoms with Crippen LogP contribution < -0.4 is 10.6 Å². The van der Waals surface area contributed by atoms with Gasteiger partial charge < -0.3 is 5.32 Å². The second-order valence-corrected chi connectivity index (χ2v) is 5.92. The minimum atomic E-state index is -0.544. The largest absolute Gasteiger partial charge is 0.324 e. The van der Waals surface area contributed by atoms with Gasteiger partial charge in [0.2, 0.25) is 5.91 Å². The van der Waals surface area contributed by atoms with E-state index in [1.54, 1.807) is 6.07 Å². The second kappa shape index (κ2) is 5.58. The molecule has 1 aliphatic rings. The van der Waals surface area contributed by atoms with Gasteiger partial charge in [0.15, 0.2) is 0 Å². The Bertz CT molecular complexity index is 704. The van der Waals surface area contributed by atoms with Crippen molar-refractivity contribution >= 4 is 27.5 Å². The molecule has 2 atom stereocenters. The number of anilines is 1. The summed E-state index contributed by atoms with van der Waals surface area (Å²) >= 11 is 3.50. The van der Waals surface area contributed by atoms with Crippen molar-refractivity contribution < 1.29 is 9.18 Å². The van der Waals surface area contributed by atoms with E-state index in [1.807, 2.05) is 31.2 Å². The Labute approximate surface area is 130 Å². The molecule has 0 saturated carbocycles. The zero-order chi connectivity index (χ0) is 15.0. The van der Waals surface area contributed by atoms with Crippen LogP contribution in [0.2, 0.25) is 0 Å². The average molecular weight is 349 g/mol. The number of carbonyl (C=O) groups excluding carboxylic acids is 1. The van der Waals surface area contributed by atoms with E-state index >= 15 is 0 Å². The summed E-state index contributed by atoms with van der Waals surface area (Å²) in [6, 6.07) is 11.6. The molecule has 1 amide bonds. The van der Waals surface area contributed by atoms with Crippen LogP contribution in [0.1, 0.15) is 30.1 Å². The van der Waals surface area contributed by atoms with Crippen molar-refractivity contribution in [2.75, 3.05) is 5.32 Å². The van der Waals surface area contributed by atoms with Gasteiger partial charge in [-0.15, -0.1) is 0 Å². The quantitative estimate of drug-likeness (QED) is 0.882. The van der Waals surface area contributed by atoms with Gasteiger partial charge in [-0.2, -0.15) is 0 Å². The van der Waals surface area contributed by atoms with Gasteiger partial charge in [0.1, 0.15) is 11.9 Å². The molecule has 2 aromatic rings. The standard InChI is InChI=1S/C16H14BrFN2O/c1-9(11-4-2-3-5-13(11)17)19-15-12-8-10(18)6-7-14(12)20-16(15)21/h2-9,15,19H,1H3,(H,20,21). The molecule has 0 aliphatic carbocycles. The number of amides is 1. The van der Waals surface area contributed by atoms with Gasteiger partial charge in [0.05, 0.1) is 0 Å². The normalized spacial score (nSPS) is 18.2. The van der Waals surface area contributed by atoms with Crippen LogP contribution in [0.15, 0.2) is 46.9 Å². The number of nitrogens with one attached hydrogen (secondary N) is 2. The number of benzene rings is 2. The smallest absolute Gasteiger partial charge is 0.246 e. The molecule has 1 heterocycles. The van der Waals surface area contributed by atoms with Crippen LogP contribution in [-0.4, -0.2) is 5.91 Å². The predicted octanol–water partition coefficient (Wildman–Crippen LogP) is 3.93. The maximum Gasteiger partial charge on any atom is 0.246 e. The van der Waals surface area contributed by atoms with E-state index in [1.165, 1.54) is 12.1 Å². The third kappa shape index (κ3) is 2.71.